The van der Waals surface area contributed by atoms with Crippen LogP contribution in [0.25, 0.3) is 0 Å². The van der Waals surface area contributed by atoms with Crippen LogP contribution in [0.3, 0.4) is 0 Å². The van der Waals surface area contributed by atoms with Gasteiger partial charge in [0.25, 0.3) is 0 Å². The first kappa shape index (κ1) is 11.5. The largest absolute Gasteiger partial charge is 0.392 e. The van der Waals surface area contributed by atoms with Crippen molar-refractivity contribution in [3.05, 3.63) is 24.3 Å². The van der Waals surface area contributed by atoms with Crippen LogP contribution in [-0.2, 0) is 0 Å². The van der Waals surface area contributed by atoms with Crippen molar-refractivity contribution in [3.63, 3.8) is 0 Å². The number of allylic oxidation sites excluding steroid dienone is 2. The summed E-state index contributed by atoms with van der Waals surface area (Å²) >= 11 is 0. The molecule has 0 bridgehead atoms. The minimum Gasteiger partial charge on any atom is -0.392 e. The van der Waals surface area contributed by atoms with Gasteiger partial charge in [-0.05, 0) is 37.5 Å². The summed E-state index contributed by atoms with van der Waals surface area (Å²) in [5.74, 6) is 0.956. The highest BCUT2D eigenvalue weighted by atomic mass is 16.3. The Labute approximate surface area is 87.5 Å². The summed E-state index contributed by atoms with van der Waals surface area (Å²) in [4.78, 5) is 0. The first-order valence-electron chi connectivity index (χ1n) is 5.35. The first-order valence-corrected chi connectivity index (χ1v) is 5.35. The van der Waals surface area contributed by atoms with Crippen molar-refractivity contribution in [2.24, 2.45) is 17.3 Å². The maximum absolute atomic E-state index is 9.91. The predicted octanol–water partition coefficient (Wildman–Crippen LogP) is 3.16. The molecule has 0 saturated heterocycles. The van der Waals surface area contributed by atoms with Gasteiger partial charge in [-0.2, -0.15) is 0 Å². The maximum Gasteiger partial charge on any atom is 0.0613 e. The number of hydrogen-bond donors (Lipinski definition) is 1. The van der Waals surface area contributed by atoms with Gasteiger partial charge in [0.05, 0.1) is 6.10 Å². The SMILES string of the molecule is C=CCC(O)C1C(C=C(C)C)C1(C)C. The van der Waals surface area contributed by atoms with E-state index in [0.29, 0.717) is 18.3 Å². The van der Waals surface area contributed by atoms with Crippen molar-refractivity contribution in [2.75, 3.05) is 0 Å². The number of aliphatic hydroxyl groups is 1. The normalized spacial score (nSPS) is 30.6. The second-order valence-corrected chi connectivity index (χ2v) is 5.21. The van der Waals surface area contributed by atoms with Crippen LogP contribution in [0.4, 0.5) is 0 Å². The lowest BCUT2D eigenvalue weighted by atomic mass is 10.0. The third kappa shape index (κ3) is 2.09. The highest BCUT2D eigenvalue weighted by Crippen LogP contribution is 2.61. The Morgan fingerprint density at radius 3 is 2.50 bits per heavy atom. The van der Waals surface area contributed by atoms with Gasteiger partial charge >= 0.3 is 0 Å². The molecule has 1 heteroatoms. The minimum atomic E-state index is -0.219. The van der Waals surface area contributed by atoms with Crippen LogP contribution in [0.15, 0.2) is 24.3 Å². The molecule has 3 unspecified atom stereocenters. The fourth-order valence-electron chi connectivity index (χ4n) is 2.45. The molecule has 80 valence electrons. The summed E-state index contributed by atoms with van der Waals surface area (Å²) < 4.78 is 0. The number of hydrogen-bond acceptors (Lipinski definition) is 1. The van der Waals surface area contributed by atoms with E-state index in [1.807, 2.05) is 0 Å². The summed E-state index contributed by atoms with van der Waals surface area (Å²) in [5, 5.41) is 9.91. The van der Waals surface area contributed by atoms with Crippen molar-refractivity contribution in [1.29, 1.82) is 0 Å². The van der Waals surface area contributed by atoms with E-state index in [2.05, 4.69) is 40.3 Å². The average Bonchev–Trinajstić information content (AvgIpc) is 2.52. The summed E-state index contributed by atoms with van der Waals surface area (Å²) in [6.45, 7) is 12.4. The van der Waals surface area contributed by atoms with Crippen LogP contribution in [0, 0.1) is 17.3 Å². The van der Waals surface area contributed by atoms with Gasteiger partial charge in [-0.15, -0.1) is 6.58 Å². The quantitative estimate of drug-likeness (QED) is 0.682. The van der Waals surface area contributed by atoms with Gasteiger partial charge in [0.15, 0.2) is 0 Å². The van der Waals surface area contributed by atoms with E-state index in [4.69, 9.17) is 0 Å². The molecule has 0 aromatic heterocycles. The zero-order valence-corrected chi connectivity index (χ0v) is 9.75. The Kier molecular flexibility index (Phi) is 3.20. The summed E-state index contributed by atoms with van der Waals surface area (Å²) in [6, 6.07) is 0. The van der Waals surface area contributed by atoms with Gasteiger partial charge in [0.2, 0.25) is 0 Å². The van der Waals surface area contributed by atoms with Crippen LogP contribution in [0.5, 0.6) is 0 Å². The molecule has 1 rings (SSSR count). The van der Waals surface area contributed by atoms with Crippen LogP contribution < -0.4 is 0 Å². The van der Waals surface area contributed by atoms with Gasteiger partial charge in [0, 0.05) is 0 Å². The molecular weight excluding hydrogens is 172 g/mol. The molecule has 1 saturated carbocycles. The monoisotopic (exact) mass is 194 g/mol. The van der Waals surface area contributed by atoms with E-state index in [1.165, 1.54) is 5.57 Å². The van der Waals surface area contributed by atoms with Gasteiger partial charge in [-0.25, -0.2) is 0 Å². The molecule has 0 radical (unpaired) electrons. The van der Waals surface area contributed by atoms with E-state index in [1.54, 1.807) is 6.08 Å². The number of rotatable bonds is 4. The van der Waals surface area contributed by atoms with Gasteiger partial charge in [-0.1, -0.05) is 31.6 Å². The summed E-state index contributed by atoms with van der Waals surface area (Å²) in [5.41, 5.74) is 1.61. The fourth-order valence-corrected chi connectivity index (χ4v) is 2.45. The Morgan fingerprint density at radius 1 is 1.50 bits per heavy atom. The van der Waals surface area contributed by atoms with E-state index < -0.39 is 0 Å². The summed E-state index contributed by atoms with van der Waals surface area (Å²) in [6.07, 6.45) is 4.58. The second kappa shape index (κ2) is 3.90. The minimum absolute atomic E-state index is 0.219. The molecule has 1 aliphatic rings. The van der Waals surface area contributed by atoms with Crippen LogP contribution in [-0.4, -0.2) is 11.2 Å². The third-order valence-electron chi connectivity index (χ3n) is 3.33. The molecule has 1 fully saturated rings. The molecule has 0 spiro atoms. The van der Waals surface area contributed by atoms with Gasteiger partial charge < -0.3 is 5.11 Å². The molecule has 1 nitrogen and oxygen atoms in total. The lowest BCUT2D eigenvalue weighted by Crippen LogP contribution is -2.11. The van der Waals surface area contributed by atoms with E-state index in [0.717, 1.165) is 0 Å². The Balaban J connectivity index is 2.65. The predicted molar refractivity (Wildman–Crippen MR) is 61.0 cm³/mol. The third-order valence-corrected chi connectivity index (χ3v) is 3.33. The van der Waals surface area contributed by atoms with Crippen molar-refractivity contribution in [1.82, 2.24) is 0 Å². The van der Waals surface area contributed by atoms with Gasteiger partial charge in [0.1, 0.15) is 0 Å². The first-order chi connectivity index (χ1) is 6.41. The molecule has 14 heavy (non-hydrogen) atoms. The Hall–Kier alpha value is -0.560. The molecule has 0 heterocycles. The molecule has 0 amide bonds. The lowest BCUT2D eigenvalue weighted by molar-refractivity contribution is 0.138. The molecular formula is C13H22O. The van der Waals surface area contributed by atoms with Crippen LogP contribution in [0.2, 0.25) is 0 Å². The number of aliphatic hydroxyl groups excluding tert-OH is 1. The zero-order chi connectivity index (χ0) is 10.9. The van der Waals surface area contributed by atoms with E-state index in [9.17, 15) is 5.11 Å². The summed E-state index contributed by atoms with van der Waals surface area (Å²) in [7, 11) is 0. The molecule has 0 aromatic rings. The second-order valence-electron chi connectivity index (χ2n) is 5.21. The zero-order valence-electron chi connectivity index (χ0n) is 9.75. The highest BCUT2D eigenvalue weighted by Gasteiger charge is 2.58. The van der Waals surface area contributed by atoms with Crippen LogP contribution in [0.1, 0.15) is 34.1 Å². The van der Waals surface area contributed by atoms with Crippen LogP contribution >= 0.6 is 0 Å². The highest BCUT2D eigenvalue weighted by molar-refractivity contribution is 5.19. The maximum atomic E-state index is 9.91. The molecule has 0 aliphatic heterocycles. The average molecular weight is 194 g/mol. The van der Waals surface area contributed by atoms with Crippen molar-refractivity contribution >= 4 is 0 Å². The standard InChI is InChI=1S/C13H22O/c1-6-7-11(14)12-10(8-9(2)3)13(12,4)5/h6,8,10-12,14H,1,7H2,2-5H3. The molecule has 3 atom stereocenters. The van der Waals surface area contributed by atoms with E-state index in [-0.39, 0.29) is 11.5 Å². The topological polar surface area (TPSA) is 20.2 Å². The fraction of sp³-hybridized carbons (Fsp3) is 0.692. The van der Waals surface area contributed by atoms with Crippen molar-refractivity contribution < 1.29 is 5.11 Å². The Bertz CT molecular complexity index is 246. The molecule has 0 aromatic carbocycles. The Morgan fingerprint density at radius 2 is 2.07 bits per heavy atom. The smallest absolute Gasteiger partial charge is 0.0613 e. The lowest BCUT2D eigenvalue weighted by Gasteiger charge is -2.08. The molecule has 1 aliphatic carbocycles. The van der Waals surface area contributed by atoms with E-state index >= 15 is 0 Å². The van der Waals surface area contributed by atoms with Crippen molar-refractivity contribution in [2.45, 2.75) is 40.2 Å². The van der Waals surface area contributed by atoms with Gasteiger partial charge in [-0.3, -0.25) is 0 Å². The molecule has 1 N–H and O–H groups in total. The van der Waals surface area contributed by atoms with Crippen molar-refractivity contribution in [3.8, 4) is 0 Å².